The molecule has 1 aromatic rings. The summed E-state index contributed by atoms with van der Waals surface area (Å²) in [6.45, 7) is 6.96. The van der Waals surface area contributed by atoms with E-state index >= 15 is 0 Å². The van der Waals surface area contributed by atoms with Crippen LogP contribution in [0.1, 0.15) is 136 Å². The van der Waals surface area contributed by atoms with Crippen molar-refractivity contribution in [3.8, 4) is 0 Å². The van der Waals surface area contributed by atoms with Crippen molar-refractivity contribution in [3.63, 3.8) is 0 Å². The van der Waals surface area contributed by atoms with E-state index in [1.165, 1.54) is 135 Å². The van der Waals surface area contributed by atoms with Gasteiger partial charge in [-0.05, 0) is 25.7 Å². The van der Waals surface area contributed by atoms with Crippen LogP contribution in [-0.2, 0) is 13.1 Å². The van der Waals surface area contributed by atoms with Crippen molar-refractivity contribution in [3.05, 3.63) is 18.7 Å². The molecule has 0 fully saturated rings. The van der Waals surface area contributed by atoms with Crippen molar-refractivity contribution in [1.29, 1.82) is 0 Å². The number of aryl methyl sites for hydroxylation is 2. The fraction of sp³-hybridized carbons (Fsp3) is 0.885. The number of unbranched alkanes of at least 4 members (excludes halogenated alkanes) is 17. The lowest BCUT2D eigenvalue weighted by Gasteiger charge is -2.03. The number of imidazole rings is 1. The molecule has 0 saturated carbocycles. The Morgan fingerprint density at radius 1 is 0.536 bits per heavy atom. The normalized spacial score (nSPS) is 11.4. The van der Waals surface area contributed by atoms with Crippen LogP contribution in [0.25, 0.3) is 0 Å². The van der Waals surface area contributed by atoms with Crippen LogP contribution in [0.4, 0.5) is 0 Å². The first-order valence-electron chi connectivity index (χ1n) is 12.9. The maximum absolute atomic E-state index is 2.38. The molecule has 0 bridgehead atoms. The molecule has 28 heavy (non-hydrogen) atoms. The lowest BCUT2D eigenvalue weighted by molar-refractivity contribution is -0.696. The summed E-state index contributed by atoms with van der Waals surface area (Å²) in [5.74, 6) is 0. The Labute approximate surface area is 177 Å². The lowest BCUT2D eigenvalue weighted by atomic mass is 10.0. The zero-order chi connectivity index (χ0) is 20.1. The molecule has 0 amide bonds. The zero-order valence-electron chi connectivity index (χ0n) is 19.5. The lowest BCUT2D eigenvalue weighted by Crippen LogP contribution is -2.30. The van der Waals surface area contributed by atoms with Crippen molar-refractivity contribution in [2.24, 2.45) is 0 Å². The van der Waals surface area contributed by atoms with Gasteiger partial charge in [0.05, 0.1) is 13.1 Å². The summed E-state index contributed by atoms with van der Waals surface area (Å²) in [7, 11) is 0. The Kier molecular flexibility index (Phi) is 17.6. The van der Waals surface area contributed by atoms with Gasteiger partial charge >= 0.3 is 0 Å². The van der Waals surface area contributed by atoms with Gasteiger partial charge in [0.25, 0.3) is 0 Å². The van der Waals surface area contributed by atoms with E-state index in [-0.39, 0.29) is 0 Å². The minimum atomic E-state index is 1.19. The van der Waals surface area contributed by atoms with Gasteiger partial charge < -0.3 is 0 Å². The molecule has 0 saturated heterocycles. The van der Waals surface area contributed by atoms with Gasteiger partial charge in [-0.1, -0.05) is 110 Å². The van der Waals surface area contributed by atoms with Gasteiger partial charge in [0, 0.05) is 0 Å². The molecular formula is C26H51N2+. The Morgan fingerprint density at radius 3 is 1.46 bits per heavy atom. The Bertz CT molecular complexity index is 424. The number of rotatable bonds is 21. The highest BCUT2D eigenvalue weighted by Gasteiger charge is 2.03. The maximum Gasteiger partial charge on any atom is 0.243 e. The standard InChI is InChI=1S/C26H51N2/c1-3-5-7-9-10-11-12-13-14-15-16-17-18-19-21-23-28-25-24-27(26-28)22-20-8-6-4-2/h24-26H,3-23H2,1-2H3/q+1. The molecule has 1 rings (SSSR count). The third-order valence-electron chi connectivity index (χ3n) is 6.04. The molecule has 2 nitrogen and oxygen atoms in total. The molecule has 0 aromatic carbocycles. The summed E-state index contributed by atoms with van der Waals surface area (Å²) in [5, 5.41) is 0. The first kappa shape index (κ1) is 25.2. The van der Waals surface area contributed by atoms with Crippen LogP contribution in [0.15, 0.2) is 18.7 Å². The van der Waals surface area contributed by atoms with E-state index in [1.54, 1.807) is 0 Å². The van der Waals surface area contributed by atoms with Crippen LogP contribution in [0.2, 0.25) is 0 Å². The smallest absolute Gasteiger partial charge is 0.237 e. The molecule has 0 unspecified atom stereocenters. The predicted molar refractivity (Wildman–Crippen MR) is 124 cm³/mol. The first-order chi connectivity index (χ1) is 13.9. The van der Waals surface area contributed by atoms with Gasteiger partial charge in [0.2, 0.25) is 6.33 Å². The second-order valence-electron chi connectivity index (χ2n) is 8.90. The summed E-state index contributed by atoms with van der Waals surface area (Å²) in [4.78, 5) is 0. The molecule has 0 N–H and O–H groups in total. The van der Waals surface area contributed by atoms with Crippen molar-refractivity contribution < 1.29 is 4.57 Å². The van der Waals surface area contributed by atoms with Gasteiger partial charge in [-0.25, -0.2) is 9.13 Å². The third-order valence-corrected chi connectivity index (χ3v) is 6.04. The molecular weight excluding hydrogens is 340 g/mol. The SMILES string of the molecule is CCCCCCCCCCCCCCCCC[n+]1ccn(CCCCCC)c1. The van der Waals surface area contributed by atoms with Crippen LogP contribution >= 0.6 is 0 Å². The Balaban J connectivity index is 1.81. The first-order valence-corrected chi connectivity index (χ1v) is 12.9. The molecule has 0 radical (unpaired) electrons. The predicted octanol–water partition coefficient (Wildman–Crippen LogP) is 8.23. The van der Waals surface area contributed by atoms with E-state index < -0.39 is 0 Å². The number of hydrogen-bond donors (Lipinski definition) is 0. The maximum atomic E-state index is 2.38. The number of aromatic nitrogens is 2. The summed E-state index contributed by atoms with van der Waals surface area (Å²) >= 11 is 0. The molecule has 0 aliphatic heterocycles. The molecule has 2 heteroatoms. The van der Waals surface area contributed by atoms with Gasteiger partial charge in [-0.2, -0.15) is 0 Å². The van der Waals surface area contributed by atoms with Crippen molar-refractivity contribution in [2.75, 3.05) is 0 Å². The molecule has 0 aliphatic rings. The monoisotopic (exact) mass is 391 g/mol. The molecule has 0 atom stereocenters. The molecule has 164 valence electrons. The van der Waals surface area contributed by atoms with Crippen LogP contribution < -0.4 is 4.57 Å². The second-order valence-corrected chi connectivity index (χ2v) is 8.90. The van der Waals surface area contributed by atoms with Gasteiger partial charge in [-0.3, -0.25) is 0 Å². The highest BCUT2D eigenvalue weighted by atomic mass is 15.1. The van der Waals surface area contributed by atoms with E-state index in [1.807, 2.05) is 0 Å². The van der Waals surface area contributed by atoms with Gasteiger partial charge in [0.15, 0.2) is 0 Å². The minimum Gasteiger partial charge on any atom is -0.237 e. The largest absolute Gasteiger partial charge is 0.243 e. The number of hydrogen-bond acceptors (Lipinski definition) is 0. The molecule has 1 aromatic heterocycles. The van der Waals surface area contributed by atoms with Crippen LogP contribution in [0.3, 0.4) is 0 Å². The van der Waals surface area contributed by atoms with E-state index in [2.05, 4.69) is 41.7 Å². The number of nitrogens with zero attached hydrogens (tertiary/aromatic N) is 2. The fourth-order valence-electron chi connectivity index (χ4n) is 4.09. The third kappa shape index (κ3) is 15.2. The summed E-state index contributed by atoms with van der Waals surface area (Å²) in [6, 6.07) is 0. The van der Waals surface area contributed by atoms with E-state index in [0.717, 1.165) is 0 Å². The minimum absolute atomic E-state index is 1.19. The van der Waals surface area contributed by atoms with E-state index in [9.17, 15) is 0 Å². The zero-order valence-corrected chi connectivity index (χ0v) is 19.5. The van der Waals surface area contributed by atoms with Crippen LogP contribution in [-0.4, -0.2) is 4.57 Å². The van der Waals surface area contributed by atoms with Gasteiger partial charge in [-0.15, -0.1) is 0 Å². The highest BCUT2D eigenvalue weighted by Crippen LogP contribution is 2.13. The van der Waals surface area contributed by atoms with E-state index in [0.29, 0.717) is 0 Å². The quantitative estimate of drug-likeness (QED) is 0.147. The summed E-state index contributed by atoms with van der Waals surface area (Å²) in [5.41, 5.74) is 0. The Hall–Kier alpha value is -0.790. The molecule has 1 heterocycles. The fourth-order valence-corrected chi connectivity index (χ4v) is 4.09. The summed E-state index contributed by atoms with van der Waals surface area (Å²) in [6.07, 6.45) is 33.8. The second kappa shape index (κ2) is 19.5. The average Bonchev–Trinajstić information content (AvgIpc) is 3.16. The van der Waals surface area contributed by atoms with Crippen LogP contribution in [0, 0.1) is 0 Å². The summed E-state index contributed by atoms with van der Waals surface area (Å²) < 4.78 is 4.74. The van der Waals surface area contributed by atoms with Crippen molar-refractivity contribution in [1.82, 2.24) is 4.57 Å². The molecule has 0 spiro atoms. The van der Waals surface area contributed by atoms with Crippen LogP contribution in [0.5, 0.6) is 0 Å². The molecule has 0 aliphatic carbocycles. The van der Waals surface area contributed by atoms with Crippen molar-refractivity contribution in [2.45, 2.75) is 149 Å². The van der Waals surface area contributed by atoms with Gasteiger partial charge in [0.1, 0.15) is 12.4 Å². The topological polar surface area (TPSA) is 8.81 Å². The Morgan fingerprint density at radius 2 is 0.964 bits per heavy atom. The highest BCUT2D eigenvalue weighted by molar-refractivity contribution is 4.66. The van der Waals surface area contributed by atoms with E-state index in [4.69, 9.17) is 0 Å². The van der Waals surface area contributed by atoms with Crippen molar-refractivity contribution >= 4 is 0 Å². The average molecular weight is 392 g/mol.